The van der Waals surface area contributed by atoms with Gasteiger partial charge < -0.3 is 10.1 Å². The van der Waals surface area contributed by atoms with Crippen molar-refractivity contribution in [2.75, 3.05) is 13.7 Å². The Morgan fingerprint density at radius 1 is 1.30 bits per heavy atom. The predicted octanol–water partition coefficient (Wildman–Crippen LogP) is 1.30. The first-order chi connectivity index (χ1) is 9.61. The number of rotatable bonds is 4. The third kappa shape index (κ3) is 3.30. The summed E-state index contributed by atoms with van der Waals surface area (Å²) in [6.45, 7) is 0.143. The van der Waals surface area contributed by atoms with Crippen molar-refractivity contribution in [2.24, 2.45) is 0 Å². The highest BCUT2D eigenvalue weighted by atomic mass is 79.9. The van der Waals surface area contributed by atoms with E-state index in [1.54, 1.807) is 30.6 Å². The molecule has 1 atom stereocenters. The van der Waals surface area contributed by atoms with Crippen molar-refractivity contribution in [2.45, 2.75) is 4.83 Å². The fourth-order valence-electron chi connectivity index (χ4n) is 1.60. The number of halogens is 1. The molecule has 6 nitrogen and oxygen atoms in total. The van der Waals surface area contributed by atoms with E-state index in [0.29, 0.717) is 11.1 Å². The van der Waals surface area contributed by atoms with Crippen LogP contribution in [0.15, 0.2) is 30.6 Å². The summed E-state index contributed by atoms with van der Waals surface area (Å²) in [6, 6.07) is 5.04. The van der Waals surface area contributed by atoms with Gasteiger partial charge in [-0.05, 0) is 18.2 Å². The average Bonchev–Trinajstić information content (AvgIpc) is 2.50. The van der Waals surface area contributed by atoms with E-state index in [2.05, 4.69) is 36.0 Å². The van der Waals surface area contributed by atoms with E-state index in [0.717, 1.165) is 5.52 Å². The summed E-state index contributed by atoms with van der Waals surface area (Å²) in [5.41, 5.74) is 1.82. The highest BCUT2D eigenvalue weighted by Gasteiger charge is 2.16. The van der Waals surface area contributed by atoms with Gasteiger partial charge in [-0.3, -0.25) is 19.6 Å². The lowest BCUT2D eigenvalue weighted by atomic mass is 10.2. The Bertz CT molecular complexity index is 648. The van der Waals surface area contributed by atoms with E-state index < -0.39 is 10.8 Å². The summed E-state index contributed by atoms with van der Waals surface area (Å²) in [5.74, 6) is -0.722. The number of ether oxygens (including phenoxy) is 1. The van der Waals surface area contributed by atoms with Gasteiger partial charge in [0.2, 0.25) is 0 Å². The Hall–Kier alpha value is -2.02. The number of amides is 1. The second kappa shape index (κ2) is 6.42. The zero-order valence-corrected chi connectivity index (χ0v) is 12.3. The first-order valence-electron chi connectivity index (χ1n) is 5.82. The molecule has 1 N–H and O–H groups in total. The van der Waals surface area contributed by atoms with Crippen LogP contribution in [0, 0.1) is 0 Å². The maximum Gasteiger partial charge on any atom is 0.321 e. The van der Waals surface area contributed by atoms with Crippen LogP contribution >= 0.6 is 15.9 Å². The molecule has 0 saturated carbocycles. The van der Waals surface area contributed by atoms with E-state index in [4.69, 9.17) is 0 Å². The average molecular weight is 338 g/mol. The number of hydrogen-bond donors (Lipinski definition) is 1. The second-order valence-corrected chi connectivity index (χ2v) is 5.07. The number of aromatic nitrogens is 2. The van der Waals surface area contributed by atoms with Gasteiger partial charge in [0.25, 0.3) is 5.91 Å². The van der Waals surface area contributed by atoms with Gasteiger partial charge in [0.1, 0.15) is 4.83 Å². The molecule has 0 fully saturated rings. The highest BCUT2D eigenvalue weighted by Crippen LogP contribution is 2.11. The van der Waals surface area contributed by atoms with Gasteiger partial charge in [0.15, 0.2) is 0 Å². The first kappa shape index (κ1) is 14.4. The predicted molar refractivity (Wildman–Crippen MR) is 76.6 cm³/mol. The molecule has 1 aromatic carbocycles. The minimum absolute atomic E-state index is 0.143. The van der Waals surface area contributed by atoms with Crippen LogP contribution < -0.4 is 5.32 Å². The van der Waals surface area contributed by atoms with Crippen LogP contribution in [-0.2, 0) is 9.53 Å². The number of carbonyl (C=O) groups excluding carboxylic acids is 2. The molecule has 104 valence electrons. The molecule has 0 bridgehead atoms. The quantitative estimate of drug-likeness (QED) is 0.671. The number of benzene rings is 1. The molecule has 0 aliphatic carbocycles. The Morgan fingerprint density at radius 3 is 2.70 bits per heavy atom. The molecule has 2 rings (SSSR count). The second-order valence-electron chi connectivity index (χ2n) is 3.96. The monoisotopic (exact) mass is 337 g/mol. The molecule has 2 aromatic rings. The van der Waals surface area contributed by atoms with E-state index in [1.165, 1.54) is 7.11 Å². The topological polar surface area (TPSA) is 81.2 Å². The van der Waals surface area contributed by atoms with Gasteiger partial charge in [-0.1, -0.05) is 15.9 Å². The largest absolute Gasteiger partial charge is 0.468 e. The van der Waals surface area contributed by atoms with Gasteiger partial charge >= 0.3 is 5.97 Å². The molecular formula is C13H12BrN3O3. The molecule has 0 radical (unpaired) electrons. The van der Waals surface area contributed by atoms with Crippen LogP contribution in [0.3, 0.4) is 0 Å². The van der Waals surface area contributed by atoms with E-state index in [-0.39, 0.29) is 12.5 Å². The number of alkyl halides is 1. The molecule has 0 aliphatic rings. The molecule has 0 spiro atoms. The van der Waals surface area contributed by atoms with Crippen molar-refractivity contribution in [3.8, 4) is 0 Å². The normalized spacial score (nSPS) is 11.9. The summed E-state index contributed by atoms with van der Waals surface area (Å²) < 4.78 is 4.55. The van der Waals surface area contributed by atoms with Crippen molar-refractivity contribution in [1.29, 1.82) is 0 Å². The van der Waals surface area contributed by atoms with Crippen LogP contribution in [0.5, 0.6) is 0 Å². The van der Waals surface area contributed by atoms with Gasteiger partial charge in [0.05, 0.1) is 18.1 Å². The SMILES string of the molecule is COC(=O)C(Br)CNC(=O)c1ccc2nccnc2c1. The molecule has 1 unspecified atom stereocenters. The third-order valence-electron chi connectivity index (χ3n) is 2.63. The van der Waals surface area contributed by atoms with Crippen molar-refractivity contribution < 1.29 is 14.3 Å². The molecule has 0 aliphatic heterocycles. The lowest BCUT2D eigenvalue weighted by molar-refractivity contribution is -0.139. The minimum atomic E-state index is -0.573. The number of nitrogens with zero attached hydrogens (tertiary/aromatic N) is 2. The maximum atomic E-state index is 12.0. The van der Waals surface area contributed by atoms with Crippen molar-refractivity contribution in [1.82, 2.24) is 15.3 Å². The minimum Gasteiger partial charge on any atom is -0.468 e. The molecule has 0 saturated heterocycles. The molecule has 1 heterocycles. The Labute approximate surface area is 123 Å². The number of hydrogen-bond acceptors (Lipinski definition) is 5. The first-order valence-corrected chi connectivity index (χ1v) is 6.74. The van der Waals surface area contributed by atoms with Crippen molar-refractivity contribution in [3.05, 3.63) is 36.2 Å². The third-order valence-corrected chi connectivity index (χ3v) is 3.33. The summed E-state index contributed by atoms with van der Waals surface area (Å²) in [4.78, 5) is 30.9. The van der Waals surface area contributed by atoms with E-state index >= 15 is 0 Å². The fraction of sp³-hybridized carbons (Fsp3) is 0.231. The highest BCUT2D eigenvalue weighted by molar-refractivity contribution is 9.10. The summed E-state index contributed by atoms with van der Waals surface area (Å²) >= 11 is 3.13. The smallest absolute Gasteiger partial charge is 0.321 e. The van der Waals surface area contributed by atoms with Gasteiger partial charge in [-0.15, -0.1) is 0 Å². The Morgan fingerprint density at radius 2 is 2.00 bits per heavy atom. The van der Waals surface area contributed by atoms with Crippen LogP contribution in [0.1, 0.15) is 10.4 Å². The fourth-order valence-corrected chi connectivity index (χ4v) is 1.95. The zero-order chi connectivity index (χ0) is 14.5. The number of esters is 1. The molecule has 7 heteroatoms. The zero-order valence-electron chi connectivity index (χ0n) is 10.7. The van der Waals surface area contributed by atoms with Gasteiger partial charge in [0, 0.05) is 24.5 Å². The van der Waals surface area contributed by atoms with Gasteiger partial charge in [-0.2, -0.15) is 0 Å². The van der Waals surface area contributed by atoms with Crippen molar-refractivity contribution >= 4 is 38.8 Å². The Balaban J connectivity index is 2.06. The molecule has 1 aromatic heterocycles. The molecular weight excluding hydrogens is 326 g/mol. The number of methoxy groups -OCH3 is 1. The lowest BCUT2D eigenvalue weighted by Crippen LogP contribution is -2.33. The lowest BCUT2D eigenvalue weighted by Gasteiger charge is -2.09. The number of nitrogens with one attached hydrogen (secondary N) is 1. The standard InChI is InChI=1S/C13H12BrN3O3/c1-20-13(19)9(14)7-17-12(18)8-2-3-10-11(6-8)16-5-4-15-10/h2-6,9H,7H2,1H3,(H,17,18). The van der Waals surface area contributed by atoms with Crippen LogP contribution in [-0.4, -0.2) is 40.3 Å². The number of carbonyl (C=O) groups is 2. The summed E-state index contributed by atoms with van der Waals surface area (Å²) in [7, 11) is 1.29. The van der Waals surface area contributed by atoms with Gasteiger partial charge in [-0.25, -0.2) is 0 Å². The molecule has 20 heavy (non-hydrogen) atoms. The van der Waals surface area contributed by atoms with Crippen molar-refractivity contribution in [3.63, 3.8) is 0 Å². The summed E-state index contributed by atoms with van der Waals surface area (Å²) in [5, 5.41) is 2.64. The number of fused-ring (bicyclic) bond motifs is 1. The van der Waals surface area contributed by atoms with E-state index in [1.807, 2.05) is 0 Å². The summed E-state index contributed by atoms with van der Waals surface area (Å²) in [6.07, 6.45) is 3.16. The molecule has 1 amide bonds. The Kier molecular flexibility index (Phi) is 4.62. The maximum absolute atomic E-state index is 12.0. The van der Waals surface area contributed by atoms with Crippen LogP contribution in [0.2, 0.25) is 0 Å². The van der Waals surface area contributed by atoms with E-state index in [9.17, 15) is 9.59 Å². The van der Waals surface area contributed by atoms with Crippen LogP contribution in [0.25, 0.3) is 11.0 Å². The van der Waals surface area contributed by atoms with Crippen LogP contribution in [0.4, 0.5) is 0 Å².